The molecule has 0 saturated heterocycles. The predicted molar refractivity (Wildman–Crippen MR) is 144 cm³/mol. The highest BCUT2D eigenvalue weighted by Crippen LogP contribution is 2.05. The van der Waals surface area contributed by atoms with Gasteiger partial charge in [0, 0.05) is 0 Å². The predicted octanol–water partition coefficient (Wildman–Crippen LogP) is 0.818. The Balaban J connectivity index is 1.64. The first-order chi connectivity index (χ1) is 17.3. The fourth-order valence-corrected chi connectivity index (χ4v) is 12.9. The van der Waals surface area contributed by atoms with Crippen LogP contribution >= 0.6 is 0 Å². The minimum Gasteiger partial charge on any atom is -0.432 e. The summed E-state index contributed by atoms with van der Waals surface area (Å²) in [5.41, 5.74) is 0. The topological polar surface area (TPSA) is 46.2 Å². The molecular formula is C24H20O5Si6. The van der Waals surface area contributed by atoms with E-state index in [2.05, 4.69) is 21.0 Å². The zero-order chi connectivity index (χ0) is 24.3. The molecule has 0 aliphatic carbocycles. The van der Waals surface area contributed by atoms with E-state index >= 15 is 0 Å². The molecule has 35 heavy (non-hydrogen) atoms. The summed E-state index contributed by atoms with van der Waals surface area (Å²) in [6, 6.07) is 39.7. The van der Waals surface area contributed by atoms with Crippen LogP contribution in [-0.2, 0) is 20.6 Å². The standard InChI is InChI=1S/C24H20O5Si6/c30-25-32(21-13-5-1-6-14-21)27-34(23-17-9-3-10-18-23)29-35(24-19-11-4-12-20-24)28-33(26-31)22-15-7-2-8-16-22/h1-20H. The normalized spacial score (nSPS) is 11.6. The summed E-state index contributed by atoms with van der Waals surface area (Å²) in [5, 5.41) is 3.88. The molecule has 4 aromatic carbocycles. The minimum atomic E-state index is -2.01. The summed E-state index contributed by atoms with van der Waals surface area (Å²) in [6.07, 6.45) is 0. The van der Waals surface area contributed by atoms with Crippen molar-refractivity contribution in [3.05, 3.63) is 121 Å². The second kappa shape index (κ2) is 13.9. The Morgan fingerprint density at radius 1 is 0.343 bits per heavy atom. The largest absolute Gasteiger partial charge is 0.432 e. The van der Waals surface area contributed by atoms with Crippen LogP contribution in [0.3, 0.4) is 0 Å². The second-order valence-electron chi connectivity index (χ2n) is 7.12. The zero-order valence-corrected chi connectivity index (χ0v) is 24.6. The van der Waals surface area contributed by atoms with Gasteiger partial charge in [-0.1, -0.05) is 121 Å². The Morgan fingerprint density at radius 2 is 0.571 bits per heavy atom. The summed E-state index contributed by atoms with van der Waals surface area (Å²) in [4.78, 5) is 0. The van der Waals surface area contributed by atoms with Crippen LogP contribution in [0.5, 0.6) is 0 Å². The number of hydrogen-bond acceptors (Lipinski definition) is 5. The van der Waals surface area contributed by atoms with Crippen LogP contribution < -0.4 is 20.7 Å². The smallest absolute Gasteiger partial charge is 0.405 e. The molecule has 0 bridgehead atoms. The van der Waals surface area contributed by atoms with Crippen molar-refractivity contribution >= 4 is 78.9 Å². The Hall–Kier alpha value is -2.02. The first kappa shape index (κ1) is 26.1. The molecule has 0 aromatic heterocycles. The lowest BCUT2D eigenvalue weighted by Gasteiger charge is -2.26. The van der Waals surface area contributed by atoms with E-state index in [0.717, 1.165) is 20.7 Å². The Morgan fingerprint density at radius 3 is 0.829 bits per heavy atom. The Kier molecular flexibility index (Phi) is 10.4. The average Bonchev–Trinajstić information content (AvgIpc) is 2.94. The van der Waals surface area contributed by atoms with Crippen LogP contribution in [0.2, 0.25) is 0 Å². The molecule has 0 aliphatic rings. The van der Waals surface area contributed by atoms with Gasteiger partial charge in [-0.05, 0) is 20.7 Å². The maximum atomic E-state index is 6.74. The summed E-state index contributed by atoms with van der Waals surface area (Å²) in [6.45, 7) is 0. The van der Waals surface area contributed by atoms with Gasteiger partial charge in [0.25, 0.3) is 0 Å². The van der Waals surface area contributed by atoms with E-state index in [4.69, 9.17) is 20.6 Å². The van der Waals surface area contributed by atoms with E-state index in [9.17, 15) is 0 Å². The number of rotatable bonds is 12. The van der Waals surface area contributed by atoms with E-state index in [1.807, 2.05) is 121 Å². The first-order valence-corrected chi connectivity index (χ1v) is 16.8. The van der Waals surface area contributed by atoms with E-state index in [1.165, 1.54) is 0 Å². The van der Waals surface area contributed by atoms with Gasteiger partial charge in [0.05, 0.1) is 0 Å². The molecule has 4 rings (SSSR count). The molecule has 0 saturated carbocycles. The van der Waals surface area contributed by atoms with Crippen LogP contribution in [0.4, 0.5) is 0 Å². The number of hydrogen-bond donors (Lipinski definition) is 0. The first-order valence-electron chi connectivity index (χ1n) is 10.7. The van der Waals surface area contributed by atoms with Crippen LogP contribution in [-0.4, -0.2) is 58.1 Å². The molecule has 4 aromatic rings. The molecular weight excluding hydrogens is 537 g/mol. The maximum Gasteiger partial charge on any atom is 0.405 e. The minimum absolute atomic E-state index is 0.967. The molecule has 0 atom stereocenters. The summed E-state index contributed by atoms with van der Waals surface area (Å²) in [5.74, 6) is 0. The zero-order valence-electron chi connectivity index (χ0n) is 18.6. The molecule has 0 fully saturated rings. The third-order valence-electron chi connectivity index (χ3n) is 4.78. The van der Waals surface area contributed by atoms with Crippen molar-refractivity contribution in [2.75, 3.05) is 0 Å². The molecule has 0 heterocycles. The SMILES string of the molecule is [Si]O[Si](O[Si](O[Si](O[Si](O[Si])c1ccccc1)c1ccccc1)c1ccccc1)c1ccccc1. The van der Waals surface area contributed by atoms with Crippen molar-refractivity contribution in [2.45, 2.75) is 0 Å². The van der Waals surface area contributed by atoms with E-state index in [1.54, 1.807) is 0 Å². The Labute approximate surface area is 220 Å². The lowest BCUT2D eigenvalue weighted by Crippen LogP contribution is -2.55. The quantitative estimate of drug-likeness (QED) is 0.242. The van der Waals surface area contributed by atoms with E-state index < -0.39 is 37.1 Å². The lowest BCUT2D eigenvalue weighted by atomic mass is 10.4. The lowest BCUT2D eigenvalue weighted by molar-refractivity contribution is 0.355. The third-order valence-corrected chi connectivity index (χ3v) is 13.9. The van der Waals surface area contributed by atoms with Gasteiger partial charge in [-0.25, -0.2) is 0 Å². The van der Waals surface area contributed by atoms with Gasteiger partial charge in [0.1, 0.15) is 0 Å². The average molecular weight is 557 g/mol. The molecule has 5 nitrogen and oxygen atoms in total. The molecule has 10 radical (unpaired) electrons. The Bertz CT molecular complexity index is 1040. The van der Waals surface area contributed by atoms with Gasteiger partial charge in [0.15, 0.2) is 0 Å². The van der Waals surface area contributed by atoms with E-state index in [-0.39, 0.29) is 0 Å². The van der Waals surface area contributed by atoms with Crippen molar-refractivity contribution < 1.29 is 20.6 Å². The number of benzene rings is 4. The fourth-order valence-electron chi connectivity index (χ4n) is 3.10. The van der Waals surface area contributed by atoms with Crippen LogP contribution in [0.25, 0.3) is 0 Å². The van der Waals surface area contributed by atoms with Gasteiger partial charge in [-0.2, -0.15) is 0 Å². The maximum absolute atomic E-state index is 6.74. The molecule has 0 spiro atoms. The van der Waals surface area contributed by atoms with Crippen LogP contribution in [0, 0.1) is 0 Å². The highest BCUT2D eigenvalue weighted by atomic mass is 28.5. The van der Waals surface area contributed by atoms with E-state index in [0.29, 0.717) is 0 Å². The summed E-state index contributed by atoms with van der Waals surface area (Å²) in [7, 11) is -1.25. The van der Waals surface area contributed by atoms with Crippen molar-refractivity contribution in [1.29, 1.82) is 0 Å². The fraction of sp³-hybridized carbons (Fsp3) is 0. The monoisotopic (exact) mass is 556 g/mol. The van der Waals surface area contributed by atoms with Gasteiger partial charge in [0.2, 0.25) is 21.0 Å². The van der Waals surface area contributed by atoms with Crippen molar-refractivity contribution in [1.82, 2.24) is 0 Å². The van der Waals surface area contributed by atoms with Gasteiger partial charge >= 0.3 is 37.1 Å². The second-order valence-corrected chi connectivity index (χ2v) is 15.8. The molecule has 0 amide bonds. The third kappa shape index (κ3) is 7.48. The highest BCUT2D eigenvalue weighted by Gasteiger charge is 2.35. The summed E-state index contributed by atoms with van der Waals surface area (Å²) >= 11 is 0. The molecule has 0 N–H and O–H groups in total. The van der Waals surface area contributed by atoms with Crippen molar-refractivity contribution in [2.24, 2.45) is 0 Å². The van der Waals surface area contributed by atoms with Crippen molar-refractivity contribution in [3.8, 4) is 0 Å². The van der Waals surface area contributed by atoms with Gasteiger partial charge in [-0.15, -0.1) is 0 Å². The molecule has 0 aliphatic heterocycles. The van der Waals surface area contributed by atoms with Gasteiger partial charge < -0.3 is 20.6 Å². The van der Waals surface area contributed by atoms with Crippen LogP contribution in [0.15, 0.2) is 121 Å². The molecule has 170 valence electrons. The molecule has 11 heteroatoms. The van der Waals surface area contributed by atoms with Gasteiger partial charge in [-0.3, -0.25) is 0 Å². The van der Waals surface area contributed by atoms with Crippen molar-refractivity contribution in [3.63, 3.8) is 0 Å². The van der Waals surface area contributed by atoms with Crippen LogP contribution in [0.1, 0.15) is 0 Å². The summed E-state index contributed by atoms with van der Waals surface area (Å²) < 4.78 is 31.1. The highest BCUT2D eigenvalue weighted by molar-refractivity contribution is 6.83. The molecule has 0 unspecified atom stereocenters.